The monoisotopic (exact) mass is 352 g/mol. The van der Waals surface area contributed by atoms with Gasteiger partial charge in [-0.25, -0.2) is 5.43 Å². The Balaban J connectivity index is 1.52. The minimum absolute atomic E-state index is 0.174. The van der Waals surface area contributed by atoms with Crippen molar-refractivity contribution in [3.63, 3.8) is 0 Å². The van der Waals surface area contributed by atoms with Crippen LogP contribution in [0.3, 0.4) is 0 Å². The van der Waals surface area contributed by atoms with Crippen LogP contribution < -0.4 is 15.6 Å². The first-order chi connectivity index (χ1) is 11.6. The van der Waals surface area contributed by atoms with Gasteiger partial charge >= 0.3 is 0 Å². The third-order valence-electron chi connectivity index (χ3n) is 4.95. The molecule has 0 bridgehead atoms. The maximum atomic E-state index is 12.1. The summed E-state index contributed by atoms with van der Waals surface area (Å²) in [5.74, 6) is 2.06. The summed E-state index contributed by atoms with van der Waals surface area (Å²) in [6, 6.07) is 5.95. The zero-order chi connectivity index (χ0) is 17.1. The van der Waals surface area contributed by atoms with E-state index in [1.165, 1.54) is 5.56 Å². The van der Waals surface area contributed by atoms with Crippen LogP contribution in [0.1, 0.15) is 5.56 Å². The van der Waals surface area contributed by atoms with Crippen LogP contribution in [0.5, 0.6) is 5.75 Å². The van der Waals surface area contributed by atoms with Crippen molar-refractivity contribution >= 4 is 17.5 Å². The SMILES string of the molecule is CNNCC(=O)N1CC2CN(Cc3ccc(Cl)c(OC)c3)CC2C1. The molecule has 1 aromatic carbocycles. The predicted octanol–water partition coefficient (Wildman–Crippen LogP) is 0.963. The molecule has 2 N–H and O–H groups in total. The number of ether oxygens (including phenoxy) is 1. The van der Waals surface area contributed by atoms with E-state index in [1.54, 1.807) is 14.2 Å². The number of carbonyl (C=O) groups excluding carboxylic acids is 1. The number of hydrogen-bond acceptors (Lipinski definition) is 5. The first-order valence-electron chi connectivity index (χ1n) is 8.33. The second kappa shape index (κ2) is 7.70. The lowest BCUT2D eigenvalue weighted by molar-refractivity contribution is -0.129. The highest BCUT2D eigenvalue weighted by atomic mass is 35.5. The number of amides is 1. The van der Waals surface area contributed by atoms with E-state index in [0.29, 0.717) is 23.4 Å². The van der Waals surface area contributed by atoms with E-state index in [4.69, 9.17) is 16.3 Å². The molecule has 0 aliphatic carbocycles. The summed E-state index contributed by atoms with van der Waals surface area (Å²) < 4.78 is 5.29. The first kappa shape index (κ1) is 17.5. The van der Waals surface area contributed by atoms with E-state index < -0.39 is 0 Å². The number of benzene rings is 1. The molecular formula is C17H25ClN4O2. The summed E-state index contributed by atoms with van der Waals surface area (Å²) in [5, 5.41) is 0.642. The van der Waals surface area contributed by atoms with Gasteiger partial charge in [0.05, 0.1) is 18.7 Å². The molecule has 2 atom stereocenters. The number of hydrogen-bond donors (Lipinski definition) is 2. The van der Waals surface area contributed by atoms with Gasteiger partial charge in [0.2, 0.25) is 5.91 Å². The number of methoxy groups -OCH3 is 1. The van der Waals surface area contributed by atoms with E-state index in [2.05, 4.69) is 21.8 Å². The minimum Gasteiger partial charge on any atom is -0.495 e. The fourth-order valence-electron chi connectivity index (χ4n) is 3.76. The Morgan fingerprint density at radius 3 is 2.62 bits per heavy atom. The van der Waals surface area contributed by atoms with Gasteiger partial charge in [-0.2, -0.15) is 0 Å². The fraction of sp³-hybridized carbons (Fsp3) is 0.588. The Hall–Kier alpha value is -1.34. The van der Waals surface area contributed by atoms with Gasteiger partial charge in [-0.15, -0.1) is 0 Å². The number of nitrogens with one attached hydrogen (secondary N) is 2. The Morgan fingerprint density at radius 2 is 2.00 bits per heavy atom. The average Bonchev–Trinajstić information content (AvgIpc) is 3.12. The normalized spacial score (nSPS) is 23.5. The molecule has 7 heteroatoms. The lowest BCUT2D eigenvalue weighted by atomic mass is 10.0. The van der Waals surface area contributed by atoms with Crippen LogP contribution >= 0.6 is 11.6 Å². The van der Waals surface area contributed by atoms with Gasteiger partial charge in [0, 0.05) is 32.7 Å². The molecule has 2 saturated heterocycles. The number of halogens is 1. The average molecular weight is 353 g/mol. The van der Waals surface area contributed by atoms with Crippen molar-refractivity contribution in [1.82, 2.24) is 20.7 Å². The van der Waals surface area contributed by atoms with Crippen molar-refractivity contribution in [2.75, 3.05) is 46.9 Å². The van der Waals surface area contributed by atoms with Crippen LogP contribution in [0, 0.1) is 11.8 Å². The summed E-state index contributed by atoms with van der Waals surface area (Å²) in [6.45, 7) is 5.07. The third-order valence-corrected chi connectivity index (χ3v) is 5.26. The van der Waals surface area contributed by atoms with Gasteiger partial charge in [-0.05, 0) is 36.6 Å². The van der Waals surface area contributed by atoms with Crippen molar-refractivity contribution < 1.29 is 9.53 Å². The summed E-state index contributed by atoms with van der Waals surface area (Å²) in [7, 11) is 3.41. The third kappa shape index (κ3) is 3.83. The molecule has 0 spiro atoms. The quantitative estimate of drug-likeness (QED) is 0.747. The van der Waals surface area contributed by atoms with Crippen molar-refractivity contribution in [2.24, 2.45) is 11.8 Å². The maximum absolute atomic E-state index is 12.1. The number of likely N-dealkylation sites (tertiary alicyclic amines) is 2. The Morgan fingerprint density at radius 1 is 1.29 bits per heavy atom. The van der Waals surface area contributed by atoms with Crippen LogP contribution in [-0.2, 0) is 11.3 Å². The van der Waals surface area contributed by atoms with Crippen LogP contribution in [-0.4, -0.2) is 62.6 Å². The zero-order valence-electron chi connectivity index (χ0n) is 14.2. The predicted molar refractivity (Wildman–Crippen MR) is 93.9 cm³/mol. The molecule has 1 aromatic rings. The Kier molecular flexibility index (Phi) is 5.61. The molecule has 0 radical (unpaired) electrons. The van der Waals surface area contributed by atoms with E-state index in [0.717, 1.165) is 38.5 Å². The maximum Gasteiger partial charge on any atom is 0.237 e. The first-order valence-corrected chi connectivity index (χ1v) is 8.70. The van der Waals surface area contributed by atoms with Gasteiger partial charge in [0.1, 0.15) is 5.75 Å². The molecule has 24 heavy (non-hydrogen) atoms. The molecular weight excluding hydrogens is 328 g/mol. The van der Waals surface area contributed by atoms with Crippen molar-refractivity contribution in [3.8, 4) is 5.75 Å². The molecule has 0 saturated carbocycles. The molecule has 2 unspecified atom stereocenters. The number of fused-ring (bicyclic) bond motifs is 1. The lowest BCUT2D eigenvalue weighted by Crippen LogP contribution is -2.42. The highest BCUT2D eigenvalue weighted by Crippen LogP contribution is 2.33. The number of nitrogens with zero attached hydrogens (tertiary/aromatic N) is 2. The van der Waals surface area contributed by atoms with Gasteiger partial charge in [-0.3, -0.25) is 15.1 Å². The van der Waals surface area contributed by atoms with Gasteiger partial charge in [0.15, 0.2) is 0 Å². The largest absolute Gasteiger partial charge is 0.495 e. The number of carbonyl (C=O) groups is 1. The van der Waals surface area contributed by atoms with Crippen LogP contribution in [0.2, 0.25) is 5.02 Å². The fourth-order valence-corrected chi connectivity index (χ4v) is 3.95. The molecule has 2 heterocycles. The smallest absolute Gasteiger partial charge is 0.237 e. The van der Waals surface area contributed by atoms with Crippen LogP contribution in [0.25, 0.3) is 0 Å². The molecule has 132 valence electrons. The summed E-state index contributed by atoms with van der Waals surface area (Å²) in [4.78, 5) is 16.5. The van der Waals surface area contributed by atoms with E-state index >= 15 is 0 Å². The molecule has 0 aromatic heterocycles. The zero-order valence-corrected chi connectivity index (χ0v) is 15.0. The van der Waals surface area contributed by atoms with E-state index in [-0.39, 0.29) is 5.91 Å². The summed E-state index contributed by atoms with van der Waals surface area (Å²) >= 11 is 6.09. The van der Waals surface area contributed by atoms with E-state index in [1.807, 2.05) is 17.0 Å². The number of rotatable bonds is 6. The van der Waals surface area contributed by atoms with Crippen molar-refractivity contribution in [3.05, 3.63) is 28.8 Å². The highest BCUT2D eigenvalue weighted by Gasteiger charge is 2.41. The standard InChI is InChI=1S/C17H25ClN4O2/c1-19-20-6-17(23)22-10-13-8-21(9-14(13)11-22)7-12-3-4-15(18)16(5-12)24-2/h3-5,13-14,19-20H,6-11H2,1-2H3. The van der Waals surface area contributed by atoms with Crippen LogP contribution in [0.15, 0.2) is 18.2 Å². The van der Waals surface area contributed by atoms with Crippen molar-refractivity contribution in [1.29, 1.82) is 0 Å². The second-order valence-corrected chi connectivity index (χ2v) is 6.99. The van der Waals surface area contributed by atoms with Gasteiger partial charge in [-0.1, -0.05) is 17.7 Å². The second-order valence-electron chi connectivity index (χ2n) is 6.59. The summed E-state index contributed by atoms with van der Waals surface area (Å²) in [6.07, 6.45) is 0. The Labute approximate surface area is 148 Å². The molecule has 1 amide bonds. The molecule has 6 nitrogen and oxygen atoms in total. The topological polar surface area (TPSA) is 56.8 Å². The van der Waals surface area contributed by atoms with Gasteiger partial charge in [0.25, 0.3) is 0 Å². The Bertz CT molecular complexity index is 584. The molecule has 2 aliphatic rings. The molecule has 3 rings (SSSR count). The molecule has 2 aliphatic heterocycles. The summed E-state index contributed by atoms with van der Waals surface area (Å²) in [5.41, 5.74) is 6.88. The lowest BCUT2D eigenvalue weighted by Gasteiger charge is -2.22. The molecule has 2 fully saturated rings. The van der Waals surface area contributed by atoms with Crippen molar-refractivity contribution in [2.45, 2.75) is 6.54 Å². The van der Waals surface area contributed by atoms with E-state index in [9.17, 15) is 4.79 Å². The number of hydrazine groups is 1. The van der Waals surface area contributed by atoms with Crippen LogP contribution in [0.4, 0.5) is 0 Å². The highest BCUT2D eigenvalue weighted by molar-refractivity contribution is 6.32. The van der Waals surface area contributed by atoms with Gasteiger partial charge < -0.3 is 9.64 Å². The minimum atomic E-state index is 0.174.